The van der Waals surface area contributed by atoms with Crippen LogP contribution in [0.4, 0.5) is 0 Å². The van der Waals surface area contributed by atoms with Crippen molar-refractivity contribution in [2.24, 2.45) is 0 Å². The van der Waals surface area contributed by atoms with Crippen LogP contribution in [-0.2, 0) is 28.6 Å². The molecular formula is C60H98O6. The van der Waals surface area contributed by atoms with E-state index in [0.29, 0.717) is 19.3 Å². The average molecular weight is 915 g/mol. The van der Waals surface area contributed by atoms with Gasteiger partial charge in [-0.25, -0.2) is 0 Å². The highest BCUT2D eigenvalue weighted by Crippen LogP contribution is 2.13. The van der Waals surface area contributed by atoms with Crippen molar-refractivity contribution in [1.29, 1.82) is 0 Å². The third-order valence-electron chi connectivity index (χ3n) is 11.1. The summed E-state index contributed by atoms with van der Waals surface area (Å²) in [5.74, 6) is -0.960. The predicted molar refractivity (Wildman–Crippen MR) is 283 cm³/mol. The molecular weight excluding hydrogens is 817 g/mol. The fourth-order valence-corrected chi connectivity index (χ4v) is 7.09. The van der Waals surface area contributed by atoms with Gasteiger partial charge in [0.1, 0.15) is 13.2 Å². The molecule has 0 saturated heterocycles. The summed E-state index contributed by atoms with van der Waals surface area (Å²) in [7, 11) is 0. The molecule has 6 nitrogen and oxygen atoms in total. The minimum Gasteiger partial charge on any atom is -0.462 e. The van der Waals surface area contributed by atoms with Gasteiger partial charge >= 0.3 is 17.9 Å². The lowest BCUT2D eigenvalue weighted by Crippen LogP contribution is -2.30. The first-order valence-electron chi connectivity index (χ1n) is 27.0. The Hall–Kier alpha value is -3.93. The number of hydrogen-bond donors (Lipinski definition) is 0. The quantitative estimate of drug-likeness (QED) is 0.0199. The summed E-state index contributed by atoms with van der Waals surface area (Å²) in [6, 6.07) is 0. The number of rotatable bonds is 47. The SMILES string of the molecule is CC/C=C\C/C=C\CCCCCCCC(=O)OCC(COC(=O)CCCCCCC\C=C/C=C\C=C/C=C\C=C/CCC)OC(=O)CCCCCCC/C=C\C=C/CCCCCCCCC. The Morgan fingerprint density at radius 3 is 1.12 bits per heavy atom. The first-order valence-corrected chi connectivity index (χ1v) is 27.0. The molecule has 0 radical (unpaired) electrons. The van der Waals surface area contributed by atoms with Gasteiger partial charge in [-0.05, 0) is 89.9 Å². The van der Waals surface area contributed by atoms with E-state index in [0.717, 1.165) is 135 Å². The summed E-state index contributed by atoms with van der Waals surface area (Å²) >= 11 is 0. The molecule has 6 heteroatoms. The maximum Gasteiger partial charge on any atom is 0.306 e. The van der Waals surface area contributed by atoms with E-state index in [4.69, 9.17) is 14.2 Å². The second kappa shape index (κ2) is 53.7. The molecule has 0 bridgehead atoms. The van der Waals surface area contributed by atoms with Gasteiger partial charge in [-0.2, -0.15) is 0 Å². The predicted octanol–water partition coefficient (Wildman–Crippen LogP) is 17.9. The summed E-state index contributed by atoms with van der Waals surface area (Å²) in [5, 5.41) is 0. The number of carbonyl (C=O) groups excluding carboxylic acids is 3. The Morgan fingerprint density at radius 1 is 0.333 bits per heavy atom. The number of esters is 3. The molecule has 1 unspecified atom stereocenters. The molecule has 1 atom stereocenters. The summed E-state index contributed by atoms with van der Waals surface area (Å²) in [4.78, 5) is 38.0. The zero-order valence-electron chi connectivity index (χ0n) is 42.7. The third kappa shape index (κ3) is 51.1. The van der Waals surface area contributed by atoms with E-state index in [1.165, 1.54) is 57.8 Å². The number of unbranched alkanes of at least 4 members (excludes halogenated alkanes) is 23. The van der Waals surface area contributed by atoms with Gasteiger partial charge in [-0.15, -0.1) is 0 Å². The maximum atomic E-state index is 12.8. The Balaban J connectivity index is 4.49. The maximum absolute atomic E-state index is 12.8. The lowest BCUT2D eigenvalue weighted by molar-refractivity contribution is -0.167. The van der Waals surface area contributed by atoms with Crippen LogP contribution >= 0.6 is 0 Å². The molecule has 0 aromatic heterocycles. The van der Waals surface area contributed by atoms with E-state index >= 15 is 0 Å². The second-order valence-electron chi connectivity index (χ2n) is 17.5. The molecule has 0 rings (SSSR count). The monoisotopic (exact) mass is 915 g/mol. The first-order chi connectivity index (χ1) is 32.5. The molecule has 0 aliphatic heterocycles. The van der Waals surface area contributed by atoms with E-state index in [2.05, 4.69) is 106 Å². The molecule has 0 spiro atoms. The molecule has 66 heavy (non-hydrogen) atoms. The van der Waals surface area contributed by atoms with Gasteiger partial charge in [0.15, 0.2) is 6.10 Å². The number of allylic oxidation sites excluding steroid dienone is 18. The lowest BCUT2D eigenvalue weighted by Gasteiger charge is -2.18. The van der Waals surface area contributed by atoms with Crippen LogP contribution in [0.15, 0.2) is 109 Å². The van der Waals surface area contributed by atoms with Crippen LogP contribution in [0.25, 0.3) is 0 Å². The van der Waals surface area contributed by atoms with Gasteiger partial charge < -0.3 is 14.2 Å². The summed E-state index contributed by atoms with van der Waals surface area (Å²) in [6.07, 6.45) is 72.1. The van der Waals surface area contributed by atoms with E-state index in [1.54, 1.807) is 0 Å². The Kier molecular flexibility index (Phi) is 50.5. The van der Waals surface area contributed by atoms with E-state index in [-0.39, 0.29) is 31.1 Å². The Morgan fingerprint density at radius 2 is 0.682 bits per heavy atom. The van der Waals surface area contributed by atoms with Gasteiger partial charge in [0.05, 0.1) is 0 Å². The van der Waals surface area contributed by atoms with Gasteiger partial charge in [0.2, 0.25) is 0 Å². The molecule has 0 aliphatic rings. The first kappa shape index (κ1) is 62.1. The van der Waals surface area contributed by atoms with Crippen molar-refractivity contribution < 1.29 is 28.6 Å². The topological polar surface area (TPSA) is 78.9 Å². The minimum atomic E-state index is -0.805. The van der Waals surface area contributed by atoms with Crippen molar-refractivity contribution >= 4 is 17.9 Å². The van der Waals surface area contributed by atoms with Crippen LogP contribution < -0.4 is 0 Å². The summed E-state index contributed by atoms with van der Waals surface area (Å²) in [6.45, 7) is 6.38. The van der Waals surface area contributed by atoms with Crippen molar-refractivity contribution in [3.63, 3.8) is 0 Å². The van der Waals surface area contributed by atoms with Crippen LogP contribution in [0.3, 0.4) is 0 Å². The fraction of sp³-hybridized carbons (Fsp3) is 0.650. The molecule has 0 aliphatic carbocycles. The highest BCUT2D eigenvalue weighted by atomic mass is 16.6. The molecule has 374 valence electrons. The fourth-order valence-electron chi connectivity index (χ4n) is 7.09. The average Bonchev–Trinajstić information content (AvgIpc) is 3.31. The molecule has 0 saturated carbocycles. The van der Waals surface area contributed by atoms with Crippen molar-refractivity contribution in [3.05, 3.63) is 109 Å². The van der Waals surface area contributed by atoms with Gasteiger partial charge in [0, 0.05) is 19.3 Å². The van der Waals surface area contributed by atoms with Crippen molar-refractivity contribution in [2.75, 3.05) is 13.2 Å². The minimum absolute atomic E-state index is 0.102. The van der Waals surface area contributed by atoms with E-state index in [9.17, 15) is 14.4 Å². The van der Waals surface area contributed by atoms with Crippen LogP contribution in [0.5, 0.6) is 0 Å². The molecule has 0 heterocycles. The van der Waals surface area contributed by atoms with E-state index < -0.39 is 6.10 Å². The van der Waals surface area contributed by atoms with Gasteiger partial charge in [0.25, 0.3) is 0 Å². The summed E-state index contributed by atoms with van der Waals surface area (Å²) in [5.41, 5.74) is 0. The molecule has 0 amide bonds. The van der Waals surface area contributed by atoms with E-state index in [1.807, 2.05) is 24.3 Å². The van der Waals surface area contributed by atoms with Crippen LogP contribution in [0.2, 0.25) is 0 Å². The second-order valence-corrected chi connectivity index (χ2v) is 17.5. The highest BCUT2D eigenvalue weighted by molar-refractivity contribution is 5.71. The van der Waals surface area contributed by atoms with Crippen molar-refractivity contribution in [1.82, 2.24) is 0 Å². The highest BCUT2D eigenvalue weighted by Gasteiger charge is 2.19. The number of hydrogen-bond acceptors (Lipinski definition) is 6. The van der Waals surface area contributed by atoms with Crippen LogP contribution in [0, 0.1) is 0 Å². The smallest absolute Gasteiger partial charge is 0.306 e. The molecule has 0 N–H and O–H groups in total. The van der Waals surface area contributed by atoms with Gasteiger partial charge in [-0.1, -0.05) is 233 Å². The molecule has 0 aromatic rings. The largest absolute Gasteiger partial charge is 0.462 e. The number of carbonyl (C=O) groups is 3. The van der Waals surface area contributed by atoms with Gasteiger partial charge in [-0.3, -0.25) is 14.4 Å². The third-order valence-corrected chi connectivity index (χ3v) is 11.1. The molecule has 0 aromatic carbocycles. The van der Waals surface area contributed by atoms with Crippen LogP contribution in [0.1, 0.15) is 233 Å². The summed E-state index contributed by atoms with van der Waals surface area (Å²) < 4.78 is 16.8. The zero-order valence-corrected chi connectivity index (χ0v) is 42.7. The standard InChI is InChI=1S/C60H98O6/c1-4-7-10-13-16-19-22-25-27-29-31-33-35-38-41-44-47-50-53-59(62)65-56-57(55-64-58(61)52-49-46-43-40-37-24-21-18-15-12-9-6-3)66-60(63)54-51-48-45-42-39-36-34-32-30-28-26-23-20-17-14-11-8-5-2/h9-10,12-13,16,18-19,21-22,25,27-34,57H,4-8,11,14-15,17,20,23-24,26,35-56H2,1-3H3/b12-9-,13-10-,19-16-,21-18-,25-22-,29-27-,30-28-,33-31-,34-32-. The Labute approximate surface area is 406 Å². The molecule has 0 fully saturated rings. The van der Waals surface area contributed by atoms with Crippen molar-refractivity contribution in [2.45, 2.75) is 239 Å². The normalized spacial score (nSPS) is 13.0. The number of ether oxygens (including phenoxy) is 3. The lowest BCUT2D eigenvalue weighted by atomic mass is 10.1. The zero-order chi connectivity index (χ0) is 47.9. The van der Waals surface area contributed by atoms with Crippen molar-refractivity contribution in [3.8, 4) is 0 Å². The Bertz CT molecular complexity index is 1370. The van der Waals surface area contributed by atoms with Crippen LogP contribution in [-0.4, -0.2) is 37.2 Å².